The van der Waals surface area contributed by atoms with Crippen LogP contribution in [0.4, 0.5) is 0 Å². The van der Waals surface area contributed by atoms with Crippen LogP contribution in [0.1, 0.15) is 24.6 Å². The SMILES string of the molecule is CCNC(=NCCc1cccs1)NC1CC=CC1. The van der Waals surface area contributed by atoms with Crippen LogP contribution in [0.2, 0.25) is 0 Å². The first-order valence-corrected chi connectivity index (χ1v) is 7.48. The van der Waals surface area contributed by atoms with Crippen LogP contribution in [0.25, 0.3) is 0 Å². The van der Waals surface area contributed by atoms with E-state index in [2.05, 4.69) is 52.2 Å². The zero-order valence-electron chi connectivity index (χ0n) is 10.9. The van der Waals surface area contributed by atoms with E-state index >= 15 is 0 Å². The molecule has 2 N–H and O–H groups in total. The summed E-state index contributed by atoms with van der Waals surface area (Å²) in [7, 11) is 0. The van der Waals surface area contributed by atoms with Crippen molar-refractivity contribution in [3.63, 3.8) is 0 Å². The van der Waals surface area contributed by atoms with E-state index in [9.17, 15) is 0 Å². The van der Waals surface area contributed by atoms with E-state index in [1.807, 2.05) is 0 Å². The Morgan fingerprint density at radius 1 is 1.44 bits per heavy atom. The van der Waals surface area contributed by atoms with E-state index in [0.717, 1.165) is 38.3 Å². The minimum atomic E-state index is 0.518. The second-order valence-corrected chi connectivity index (χ2v) is 5.41. The summed E-state index contributed by atoms with van der Waals surface area (Å²) in [5, 5.41) is 8.90. The van der Waals surface area contributed by atoms with Crippen molar-refractivity contribution >= 4 is 17.3 Å². The molecule has 2 rings (SSSR count). The first kappa shape index (κ1) is 13.1. The van der Waals surface area contributed by atoms with Gasteiger partial charge in [0.25, 0.3) is 0 Å². The lowest BCUT2D eigenvalue weighted by Gasteiger charge is -2.16. The smallest absolute Gasteiger partial charge is 0.191 e. The van der Waals surface area contributed by atoms with Gasteiger partial charge in [-0.3, -0.25) is 4.99 Å². The first-order valence-electron chi connectivity index (χ1n) is 6.60. The maximum Gasteiger partial charge on any atom is 0.191 e. The highest BCUT2D eigenvalue weighted by molar-refractivity contribution is 7.09. The van der Waals surface area contributed by atoms with Crippen LogP contribution in [0.5, 0.6) is 0 Å². The van der Waals surface area contributed by atoms with Crippen molar-refractivity contribution in [1.29, 1.82) is 0 Å². The minimum absolute atomic E-state index is 0.518. The van der Waals surface area contributed by atoms with Crippen LogP contribution in [0.15, 0.2) is 34.7 Å². The number of guanidine groups is 1. The van der Waals surface area contributed by atoms with Gasteiger partial charge in [-0.2, -0.15) is 0 Å². The monoisotopic (exact) mass is 263 g/mol. The van der Waals surface area contributed by atoms with Crippen molar-refractivity contribution in [3.8, 4) is 0 Å². The van der Waals surface area contributed by atoms with Gasteiger partial charge in [0.1, 0.15) is 0 Å². The van der Waals surface area contributed by atoms with Crippen LogP contribution >= 0.6 is 11.3 Å². The molecule has 0 unspecified atom stereocenters. The molecule has 0 aromatic carbocycles. The molecule has 1 aliphatic rings. The first-order chi connectivity index (χ1) is 8.88. The number of aliphatic imine (C=N–C) groups is 1. The Hall–Kier alpha value is -1.29. The van der Waals surface area contributed by atoms with Gasteiger partial charge in [-0.15, -0.1) is 11.3 Å². The number of nitrogens with one attached hydrogen (secondary N) is 2. The molecule has 0 bridgehead atoms. The quantitative estimate of drug-likeness (QED) is 0.486. The number of hydrogen-bond acceptors (Lipinski definition) is 2. The summed E-state index contributed by atoms with van der Waals surface area (Å²) in [6.07, 6.45) is 7.70. The van der Waals surface area contributed by atoms with Crippen molar-refractivity contribution < 1.29 is 0 Å². The molecule has 3 nitrogen and oxygen atoms in total. The third-order valence-electron chi connectivity index (χ3n) is 2.90. The average Bonchev–Trinajstić information content (AvgIpc) is 3.02. The largest absolute Gasteiger partial charge is 0.357 e. The van der Waals surface area contributed by atoms with Gasteiger partial charge in [0, 0.05) is 30.4 Å². The highest BCUT2D eigenvalue weighted by Gasteiger charge is 2.11. The second kappa shape index (κ2) is 7.21. The summed E-state index contributed by atoms with van der Waals surface area (Å²) in [5.41, 5.74) is 0. The standard InChI is InChI=1S/C14H21N3S/c1-2-15-14(17-12-6-3-4-7-12)16-10-9-13-8-5-11-18-13/h3-5,8,11-12H,2,6-7,9-10H2,1H3,(H2,15,16,17). The predicted molar refractivity (Wildman–Crippen MR) is 79.3 cm³/mol. The summed E-state index contributed by atoms with van der Waals surface area (Å²) in [5.74, 6) is 0.947. The van der Waals surface area contributed by atoms with Crippen LogP contribution in [-0.4, -0.2) is 25.1 Å². The number of hydrogen-bond donors (Lipinski definition) is 2. The Morgan fingerprint density at radius 3 is 2.94 bits per heavy atom. The van der Waals surface area contributed by atoms with E-state index in [-0.39, 0.29) is 0 Å². The van der Waals surface area contributed by atoms with Crippen LogP contribution < -0.4 is 10.6 Å². The Labute approximate surface area is 113 Å². The third kappa shape index (κ3) is 4.18. The lowest BCUT2D eigenvalue weighted by molar-refractivity contribution is 0.633. The molecule has 0 fully saturated rings. The molecule has 0 amide bonds. The summed E-state index contributed by atoms with van der Waals surface area (Å²) >= 11 is 1.80. The Balaban J connectivity index is 1.79. The van der Waals surface area contributed by atoms with Gasteiger partial charge in [0.15, 0.2) is 5.96 Å². The lowest BCUT2D eigenvalue weighted by Crippen LogP contribution is -2.42. The molecule has 18 heavy (non-hydrogen) atoms. The molecule has 98 valence electrons. The predicted octanol–water partition coefficient (Wildman–Crippen LogP) is 2.56. The second-order valence-electron chi connectivity index (χ2n) is 4.37. The zero-order chi connectivity index (χ0) is 12.6. The topological polar surface area (TPSA) is 36.4 Å². The van der Waals surface area contributed by atoms with Crippen LogP contribution in [0, 0.1) is 0 Å². The van der Waals surface area contributed by atoms with Crippen molar-refractivity contribution in [2.75, 3.05) is 13.1 Å². The zero-order valence-corrected chi connectivity index (χ0v) is 11.7. The van der Waals surface area contributed by atoms with E-state index in [1.54, 1.807) is 11.3 Å². The van der Waals surface area contributed by atoms with E-state index < -0.39 is 0 Å². The van der Waals surface area contributed by atoms with E-state index in [1.165, 1.54) is 4.88 Å². The molecule has 0 saturated carbocycles. The summed E-state index contributed by atoms with van der Waals surface area (Å²) in [6.45, 7) is 3.85. The molecule has 1 heterocycles. The van der Waals surface area contributed by atoms with Crippen molar-refractivity contribution in [1.82, 2.24) is 10.6 Å². The van der Waals surface area contributed by atoms with Gasteiger partial charge in [0.05, 0.1) is 0 Å². The number of thiophene rings is 1. The number of nitrogens with zero attached hydrogens (tertiary/aromatic N) is 1. The summed E-state index contributed by atoms with van der Waals surface area (Å²) < 4.78 is 0. The van der Waals surface area contributed by atoms with E-state index in [0.29, 0.717) is 6.04 Å². The molecule has 1 aliphatic carbocycles. The third-order valence-corrected chi connectivity index (χ3v) is 3.84. The average molecular weight is 263 g/mol. The molecule has 0 aliphatic heterocycles. The summed E-state index contributed by atoms with van der Waals surface area (Å²) in [4.78, 5) is 6.03. The van der Waals surface area contributed by atoms with E-state index in [4.69, 9.17) is 0 Å². The molecular weight excluding hydrogens is 242 g/mol. The van der Waals surface area contributed by atoms with Gasteiger partial charge in [-0.05, 0) is 31.2 Å². The van der Waals surface area contributed by atoms with Gasteiger partial charge >= 0.3 is 0 Å². The van der Waals surface area contributed by atoms with Gasteiger partial charge < -0.3 is 10.6 Å². The highest BCUT2D eigenvalue weighted by Crippen LogP contribution is 2.10. The molecule has 0 atom stereocenters. The molecule has 1 aromatic heterocycles. The van der Waals surface area contributed by atoms with Crippen LogP contribution in [0.3, 0.4) is 0 Å². The molecule has 1 aromatic rings. The molecule has 0 saturated heterocycles. The van der Waals surface area contributed by atoms with Crippen LogP contribution in [-0.2, 0) is 6.42 Å². The Morgan fingerprint density at radius 2 is 2.28 bits per heavy atom. The van der Waals surface area contributed by atoms with Crippen molar-refractivity contribution in [3.05, 3.63) is 34.5 Å². The maximum absolute atomic E-state index is 4.63. The highest BCUT2D eigenvalue weighted by atomic mass is 32.1. The molecular formula is C14H21N3S. The molecule has 0 spiro atoms. The van der Waals surface area contributed by atoms with Crippen molar-refractivity contribution in [2.24, 2.45) is 4.99 Å². The minimum Gasteiger partial charge on any atom is -0.357 e. The summed E-state index contributed by atoms with van der Waals surface area (Å²) in [6, 6.07) is 4.78. The fraction of sp³-hybridized carbons (Fsp3) is 0.500. The fourth-order valence-corrected chi connectivity index (χ4v) is 2.68. The normalized spacial score (nSPS) is 16.2. The van der Waals surface area contributed by atoms with Gasteiger partial charge in [-0.25, -0.2) is 0 Å². The Bertz CT molecular complexity index is 387. The van der Waals surface area contributed by atoms with Crippen molar-refractivity contribution in [2.45, 2.75) is 32.2 Å². The fourth-order valence-electron chi connectivity index (χ4n) is 1.98. The maximum atomic E-state index is 4.63. The Kier molecular flexibility index (Phi) is 5.27. The van der Waals surface area contributed by atoms with Gasteiger partial charge in [-0.1, -0.05) is 18.2 Å². The molecule has 4 heteroatoms. The van der Waals surface area contributed by atoms with Gasteiger partial charge in [0.2, 0.25) is 0 Å². The molecule has 0 radical (unpaired) electrons. The lowest BCUT2D eigenvalue weighted by atomic mass is 10.2. The number of rotatable bonds is 5.